The van der Waals surface area contributed by atoms with Gasteiger partial charge in [-0.3, -0.25) is 4.55 Å². The molecule has 1 rings (SSSR count). The molecule has 6 N–H and O–H groups in total. The summed E-state index contributed by atoms with van der Waals surface area (Å²) in [6.07, 6.45) is 8.93. The van der Waals surface area contributed by atoms with Crippen LogP contribution in [-0.2, 0) is 21.3 Å². The Morgan fingerprint density at radius 3 is 1.74 bits per heavy atom. The van der Waals surface area contributed by atoms with E-state index >= 15 is 0 Å². The second kappa shape index (κ2) is 23.5. The molecule has 0 bridgehead atoms. The summed E-state index contributed by atoms with van der Waals surface area (Å²) in [6.45, 7) is 3.14. The molecule has 2 unspecified atom stereocenters. The Bertz CT molecular complexity index is 658. The average molecular weight is 511 g/mol. The van der Waals surface area contributed by atoms with Crippen molar-refractivity contribution >= 4 is 10.1 Å². The Balaban J connectivity index is 0. The molecule has 10 heteroatoms. The summed E-state index contributed by atoms with van der Waals surface area (Å²) in [5.41, 5.74) is 1.09. The first-order valence-electron chi connectivity index (χ1n) is 12.0. The van der Waals surface area contributed by atoms with Crippen molar-refractivity contribution in [3.8, 4) is 5.75 Å². The zero-order chi connectivity index (χ0) is 26.2. The van der Waals surface area contributed by atoms with Gasteiger partial charge < -0.3 is 30.3 Å². The first-order chi connectivity index (χ1) is 16.1. The Kier molecular flexibility index (Phi) is 24.1. The van der Waals surface area contributed by atoms with Gasteiger partial charge in [0.05, 0.1) is 32.2 Å². The largest absolute Gasteiger partial charge is 0.508 e. The van der Waals surface area contributed by atoms with Crippen molar-refractivity contribution in [3.05, 3.63) is 29.8 Å². The van der Waals surface area contributed by atoms with E-state index in [1.807, 2.05) is 18.2 Å². The van der Waals surface area contributed by atoms with Crippen molar-refractivity contribution in [2.24, 2.45) is 0 Å². The molecule has 0 aromatic heterocycles. The SMILES string of the molecule is CCCCCCCCCc1ccccc1O.CCCS(=O)(=O)O.OCC(O)COCC(O)CO. The van der Waals surface area contributed by atoms with E-state index in [2.05, 4.69) is 6.92 Å². The van der Waals surface area contributed by atoms with Gasteiger partial charge in [0.15, 0.2) is 0 Å². The molecule has 34 heavy (non-hydrogen) atoms. The van der Waals surface area contributed by atoms with Crippen molar-refractivity contribution in [2.75, 3.05) is 32.2 Å². The van der Waals surface area contributed by atoms with Crippen LogP contribution in [0.3, 0.4) is 0 Å². The van der Waals surface area contributed by atoms with Gasteiger partial charge >= 0.3 is 0 Å². The summed E-state index contributed by atoms with van der Waals surface area (Å²) >= 11 is 0. The number of aliphatic hydroxyl groups excluding tert-OH is 4. The van der Waals surface area contributed by atoms with E-state index in [0.29, 0.717) is 12.2 Å². The molecule has 0 aliphatic heterocycles. The van der Waals surface area contributed by atoms with Crippen LogP contribution in [0.25, 0.3) is 0 Å². The first kappa shape index (κ1) is 34.9. The molecule has 0 heterocycles. The number of aliphatic hydroxyl groups is 4. The maximum absolute atomic E-state index is 9.79. The van der Waals surface area contributed by atoms with Crippen LogP contribution >= 0.6 is 0 Å². The molecule has 0 saturated carbocycles. The molecule has 0 aliphatic carbocycles. The highest BCUT2D eigenvalue weighted by Crippen LogP contribution is 2.18. The van der Waals surface area contributed by atoms with Crippen LogP contribution in [0.15, 0.2) is 24.3 Å². The Morgan fingerprint density at radius 2 is 1.32 bits per heavy atom. The van der Waals surface area contributed by atoms with Crippen LogP contribution in [0.4, 0.5) is 0 Å². The van der Waals surface area contributed by atoms with Gasteiger partial charge in [0, 0.05) is 0 Å². The van der Waals surface area contributed by atoms with Crippen molar-refractivity contribution in [1.82, 2.24) is 0 Å². The highest BCUT2D eigenvalue weighted by Gasteiger charge is 2.05. The second-order valence-electron chi connectivity index (χ2n) is 8.00. The van der Waals surface area contributed by atoms with E-state index in [1.165, 1.54) is 44.9 Å². The summed E-state index contributed by atoms with van der Waals surface area (Å²) < 4.78 is 32.3. The third kappa shape index (κ3) is 25.4. The lowest BCUT2D eigenvalue weighted by molar-refractivity contribution is -0.0364. The van der Waals surface area contributed by atoms with Gasteiger partial charge in [-0.15, -0.1) is 0 Å². The fourth-order valence-electron chi connectivity index (χ4n) is 2.70. The molecule has 2 atom stereocenters. The van der Waals surface area contributed by atoms with Gasteiger partial charge in [0.25, 0.3) is 10.1 Å². The van der Waals surface area contributed by atoms with Gasteiger partial charge in [-0.05, 0) is 30.9 Å². The summed E-state index contributed by atoms with van der Waals surface area (Å²) in [7, 11) is -3.67. The zero-order valence-electron chi connectivity index (χ0n) is 20.7. The number of phenolic OH excluding ortho intramolecular Hbond substituents is 1. The second-order valence-corrected chi connectivity index (χ2v) is 9.57. The molecule has 0 spiro atoms. The summed E-state index contributed by atoms with van der Waals surface area (Å²) in [4.78, 5) is 0. The number of para-hydroxylation sites is 1. The minimum Gasteiger partial charge on any atom is -0.508 e. The molecule has 202 valence electrons. The van der Waals surface area contributed by atoms with E-state index < -0.39 is 22.3 Å². The minimum atomic E-state index is -3.67. The van der Waals surface area contributed by atoms with Crippen molar-refractivity contribution in [3.63, 3.8) is 0 Å². The Labute approximate surface area is 205 Å². The molecular weight excluding hydrogens is 464 g/mol. The normalized spacial score (nSPS) is 12.7. The predicted octanol–water partition coefficient (Wildman–Crippen LogP) is 2.68. The summed E-state index contributed by atoms with van der Waals surface area (Å²) in [5, 5.41) is 43.7. The van der Waals surface area contributed by atoms with E-state index in [0.717, 1.165) is 12.0 Å². The number of phenols is 1. The maximum atomic E-state index is 9.79. The lowest BCUT2D eigenvalue weighted by Gasteiger charge is -2.10. The number of hydrogen-bond acceptors (Lipinski definition) is 8. The number of unbranched alkanes of at least 4 members (excludes halogenated alkanes) is 6. The van der Waals surface area contributed by atoms with Crippen LogP contribution in [0.1, 0.15) is 70.8 Å². The van der Waals surface area contributed by atoms with E-state index in [4.69, 9.17) is 29.7 Å². The molecule has 0 amide bonds. The number of aryl methyl sites for hydroxylation is 1. The van der Waals surface area contributed by atoms with Crippen molar-refractivity contribution in [1.29, 1.82) is 0 Å². The highest BCUT2D eigenvalue weighted by atomic mass is 32.2. The Morgan fingerprint density at radius 1 is 0.824 bits per heavy atom. The quantitative estimate of drug-likeness (QED) is 0.145. The zero-order valence-corrected chi connectivity index (χ0v) is 21.5. The lowest BCUT2D eigenvalue weighted by Crippen LogP contribution is -2.25. The first-order valence-corrected chi connectivity index (χ1v) is 13.6. The molecule has 0 fully saturated rings. The van der Waals surface area contributed by atoms with Gasteiger partial charge in [0.1, 0.15) is 18.0 Å². The molecular formula is C24H46O9S. The highest BCUT2D eigenvalue weighted by molar-refractivity contribution is 7.85. The monoisotopic (exact) mass is 510 g/mol. The summed E-state index contributed by atoms with van der Waals surface area (Å²) in [6, 6.07) is 7.67. The van der Waals surface area contributed by atoms with Gasteiger partial charge in [-0.1, -0.05) is 70.6 Å². The van der Waals surface area contributed by atoms with Gasteiger partial charge in [0.2, 0.25) is 0 Å². The third-order valence-corrected chi connectivity index (χ3v) is 5.47. The smallest absolute Gasteiger partial charge is 0.264 e. The van der Waals surface area contributed by atoms with Gasteiger partial charge in [-0.25, -0.2) is 0 Å². The summed E-state index contributed by atoms with van der Waals surface area (Å²) in [5.74, 6) is 0.320. The molecule has 1 aromatic rings. The average Bonchev–Trinajstić information content (AvgIpc) is 2.79. The number of aromatic hydroxyl groups is 1. The number of hydrogen-bond donors (Lipinski definition) is 6. The maximum Gasteiger partial charge on any atom is 0.264 e. The van der Waals surface area contributed by atoms with E-state index in [-0.39, 0.29) is 32.2 Å². The van der Waals surface area contributed by atoms with E-state index in [9.17, 15) is 13.5 Å². The van der Waals surface area contributed by atoms with Crippen LogP contribution in [0, 0.1) is 0 Å². The minimum absolute atomic E-state index is 0.0342. The molecule has 0 saturated heterocycles. The van der Waals surface area contributed by atoms with Crippen LogP contribution in [0.2, 0.25) is 0 Å². The molecule has 1 aromatic carbocycles. The van der Waals surface area contributed by atoms with Gasteiger partial charge in [-0.2, -0.15) is 8.42 Å². The standard InChI is InChI=1S/C15H24O.C6H14O5.C3H8O3S/c1-2-3-4-5-6-7-8-11-14-12-9-10-13-15(14)16;7-1-5(9)3-11-4-6(10)2-8;1-2-3-7(4,5)6/h9-10,12-13,16H,2-8,11H2,1H3;5-10H,1-4H2;2-3H2,1H3,(H,4,5,6). The number of rotatable bonds is 16. The molecule has 0 aliphatic rings. The topological polar surface area (TPSA) is 165 Å². The fraction of sp³-hybridized carbons (Fsp3) is 0.750. The molecule has 9 nitrogen and oxygen atoms in total. The number of ether oxygens (including phenoxy) is 1. The number of benzene rings is 1. The Hall–Kier alpha value is -1.27. The van der Waals surface area contributed by atoms with Crippen LogP contribution < -0.4 is 0 Å². The third-order valence-electron chi connectivity index (χ3n) is 4.55. The van der Waals surface area contributed by atoms with E-state index in [1.54, 1.807) is 13.0 Å². The molecule has 0 radical (unpaired) electrons. The fourth-order valence-corrected chi connectivity index (χ4v) is 3.21. The van der Waals surface area contributed by atoms with Crippen molar-refractivity contribution < 1.29 is 43.2 Å². The lowest BCUT2D eigenvalue weighted by atomic mass is 10.0. The van der Waals surface area contributed by atoms with Crippen LogP contribution in [-0.4, -0.2) is 82.9 Å². The van der Waals surface area contributed by atoms with Crippen LogP contribution in [0.5, 0.6) is 5.75 Å². The predicted molar refractivity (Wildman–Crippen MR) is 134 cm³/mol. The van der Waals surface area contributed by atoms with Crippen molar-refractivity contribution in [2.45, 2.75) is 83.8 Å².